The minimum absolute atomic E-state index is 0.0596. The van der Waals surface area contributed by atoms with Crippen LogP contribution in [0.1, 0.15) is 24.3 Å². The van der Waals surface area contributed by atoms with E-state index < -0.39 is 12.1 Å². The average molecular weight is 302 g/mol. The maximum absolute atomic E-state index is 12.5. The maximum Gasteiger partial charge on any atom is 0.471 e. The highest BCUT2D eigenvalue weighted by atomic mass is 19.4. The van der Waals surface area contributed by atoms with Crippen LogP contribution in [0.25, 0.3) is 0 Å². The van der Waals surface area contributed by atoms with Gasteiger partial charge >= 0.3 is 12.1 Å². The molecule has 0 aromatic heterocycles. The number of carbonyl (C=O) groups is 1. The lowest BCUT2D eigenvalue weighted by molar-refractivity contribution is -0.186. The van der Waals surface area contributed by atoms with Crippen LogP contribution in [-0.4, -0.2) is 37.2 Å². The van der Waals surface area contributed by atoms with Crippen LogP contribution in [0.5, 0.6) is 5.75 Å². The number of ether oxygens (including phenoxy) is 1. The molecule has 1 aliphatic rings. The number of anilines is 1. The molecule has 7 heteroatoms. The Morgan fingerprint density at radius 2 is 2.14 bits per heavy atom. The summed E-state index contributed by atoms with van der Waals surface area (Å²) in [5.41, 5.74) is 7.08. The number of rotatable bonds is 2. The summed E-state index contributed by atoms with van der Waals surface area (Å²) >= 11 is 0. The van der Waals surface area contributed by atoms with Crippen LogP contribution in [-0.2, 0) is 4.79 Å². The number of nitrogens with two attached hydrogens (primary N) is 1. The number of piperidine rings is 1. The van der Waals surface area contributed by atoms with Gasteiger partial charge in [0.2, 0.25) is 0 Å². The summed E-state index contributed by atoms with van der Waals surface area (Å²) in [4.78, 5) is 12.2. The van der Waals surface area contributed by atoms with Gasteiger partial charge < -0.3 is 15.4 Å². The molecule has 1 unspecified atom stereocenters. The number of hydrogen-bond donors (Lipinski definition) is 1. The summed E-state index contributed by atoms with van der Waals surface area (Å²) in [6, 6.07) is 5.17. The first-order chi connectivity index (χ1) is 9.82. The lowest BCUT2D eigenvalue weighted by Crippen LogP contribution is -2.45. The van der Waals surface area contributed by atoms with E-state index >= 15 is 0 Å². The summed E-state index contributed by atoms with van der Waals surface area (Å²) in [5, 5.41) is 0. The third-order valence-electron chi connectivity index (χ3n) is 3.68. The van der Waals surface area contributed by atoms with Crippen molar-refractivity contribution in [3.8, 4) is 5.75 Å². The van der Waals surface area contributed by atoms with Gasteiger partial charge in [0.25, 0.3) is 0 Å². The second-order valence-electron chi connectivity index (χ2n) is 5.09. The van der Waals surface area contributed by atoms with Crippen molar-refractivity contribution in [1.29, 1.82) is 0 Å². The van der Waals surface area contributed by atoms with Crippen molar-refractivity contribution in [2.24, 2.45) is 0 Å². The van der Waals surface area contributed by atoms with E-state index in [0.29, 0.717) is 17.9 Å². The molecule has 21 heavy (non-hydrogen) atoms. The molecule has 2 rings (SSSR count). The lowest BCUT2D eigenvalue weighted by atomic mass is 9.90. The Hall–Kier alpha value is -1.92. The predicted molar refractivity (Wildman–Crippen MR) is 72.0 cm³/mol. The van der Waals surface area contributed by atoms with Gasteiger partial charge in [0, 0.05) is 19.0 Å². The van der Waals surface area contributed by atoms with Gasteiger partial charge in [0.05, 0.1) is 12.8 Å². The Balaban J connectivity index is 2.14. The molecule has 0 radical (unpaired) electrons. The highest BCUT2D eigenvalue weighted by molar-refractivity contribution is 5.82. The topological polar surface area (TPSA) is 55.6 Å². The zero-order chi connectivity index (χ0) is 15.6. The van der Waals surface area contributed by atoms with E-state index in [4.69, 9.17) is 10.5 Å². The Morgan fingerprint density at radius 1 is 1.43 bits per heavy atom. The quantitative estimate of drug-likeness (QED) is 0.854. The fraction of sp³-hybridized carbons (Fsp3) is 0.500. The Bertz CT molecular complexity index is 531. The van der Waals surface area contributed by atoms with Crippen molar-refractivity contribution in [3.63, 3.8) is 0 Å². The molecule has 0 bridgehead atoms. The molecule has 0 aliphatic carbocycles. The molecule has 1 aromatic rings. The molecule has 0 spiro atoms. The Kier molecular flexibility index (Phi) is 4.29. The first kappa shape index (κ1) is 15.5. The molecule has 1 amide bonds. The van der Waals surface area contributed by atoms with E-state index in [-0.39, 0.29) is 19.0 Å². The summed E-state index contributed by atoms with van der Waals surface area (Å²) in [6.07, 6.45) is -3.55. The van der Waals surface area contributed by atoms with Gasteiger partial charge in [0.15, 0.2) is 0 Å². The Morgan fingerprint density at radius 3 is 2.71 bits per heavy atom. The number of amides is 1. The number of hydrogen-bond acceptors (Lipinski definition) is 3. The van der Waals surface area contributed by atoms with Crippen molar-refractivity contribution in [1.82, 2.24) is 4.90 Å². The van der Waals surface area contributed by atoms with E-state index in [9.17, 15) is 18.0 Å². The summed E-state index contributed by atoms with van der Waals surface area (Å²) in [7, 11) is 1.50. The first-order valence-corrected chi connectivity index (χ1v) is 6.62. The Labute approximate surface area is 120 Å². The maximum atomic E-state index is 12.5. The van der Waals surface area contributed by atoms with Gasteiger partial charge in [-0.05, 0) is 30.5 Å². The minimum Gasteiger partial charge on any atom is -0.495 e. The third kappa shape index (κ3) is 3.40. The third-order valence-corrected chi connectivity index (χ3v) is 3.68. The van der Waals surface area contributed by atoms with Gasteiger partial charge in [0.1, 0.15) is 5.75 Å². The second-order valence-corrected chi connectivity index (χ2v) is 5.09. The number of halogens is 3. The van der Waals surface area contributed by atoms with E-state index in [1.165, 1.54) is 7.11 Å². The molecule has 2 N–H and O–H groups in total. The van der Waals surface area contributed by atoms with E-state index in [1.807, 2.05) is 0 Å². The molecule has 116 valence electrons. The van der Waals surface area contributed by atoms with Crippen LogP contribution < -0.4 is 10.5 Å². The molecule has 1 aliphatic heterocycles. The van der Waals surface area contributed by atoms with Crippen molar-refractivity contribution in [2.75, 3.05) is 25.9 Å². The number of likely N-dealkylation sites (tertiary alicyclic amines) is 1. The van der Waals surface area contributed by atoms with Gasteiger partial charge in [-0.2, -0.15) is 13.2 Å². The fourth-order valence-electron chi connectivity index (χ4n) is 2.62. The van der Waals surface area contributed by atoms with Crippen molar-refractivity contribution in [2.45, 2.75) is 24.9 Å². The first-order valence-electron chi connectivity index (χ1n) is 6.62. The molecular weight excluding hydrogens is 285 g/mol. The molecular formula is C14H17F3N2O2. The van der Waals surface area contributed by atoms with Crippen molar-refractivity contribution >= 4 is 11.6 Å². The van der Waals surface area contributed by atoms with Gasteiger partial charge in [-0.3, -0.25) is 4.79 Å². The predicted octanol–water partition coefficient (Wildman–Crippen LogP) is 2.55. The average Bonchev–Trinajstić information content (AvgIpc) is 2.45. The number of carbonyl (C=O) groups excluding carboxylic acids is 1. The lowest BCUT2D eigenvalue weighted by Gasteiger charge is -2.33. The summed E-state index contributed by atoms with van der Waals surface area (Å²) in [6.45, 7) is 0.199. The molecule has 1 saturated heterocycles. The highest BCUT2D eigenvalue weighted by Crippen LogP contribution is 2.32. The van der Waals surface area contributed by atoms with Gasteiger partial charge in [-0.1, -0.05) is 6.07 Å². The number of nitrogen functional groups attached to an aromatic ring is 1. The molecule has 1 atom stereocenters. The zero-order valence-corrected chi connectivity index (χ0v) is 11.6. The van der Waals surface area contributed by atoms with Crippen LogP contribution in [0.3, 0.4) is 0 Å². The molecule has 1 fully saturated rings. The van der Waals surface area contributed by atoms with Gasteiger partial charge in [-0.25, -0.2) is 0 Å². The summed E-state index contributed by atoms with van der Waals surface area (Å²) in [5.74, 6) is -1.38. The monoisotopic (exact) mass is 302 g/mol. The number of methoxy groups -OCH3 is 1. The van der Waals surface area contributed by atoms with E-state index in [0.717, 1.165) is 16.9 Å². The van der Waals surface area contributed by atoms with Crippen LogP contribution in [0, 0.1) is 0 Å². The largest absolute Gasteiger partial charge is 0.495 e. The van der Waals surface area contributed by atoms with Crippen LogP contribution in [0.4, 0.5) is 18.9 Å². The molecule has 1 heterocycles. The normalized spacial score (nSPS) is 19.4. The second kappa shape index (κ2) is 5.83. The highest BCUT2D eigenvalue weighted by Gasteiger charge is 2.43. The number of nitrogens with zero attached hydrogens (tertiary/aromatic N) is 1. The zero-order valence-electron chi connectivity index (χ0n) is 11.6. The standard InChI is InChI=1S/C14H17F3N2O2/c1-21-12-5-4-9(7-11(12)18)10-3-2-6-19(8-10)13(20)14(15,16)17/h4-5,7,10H,2-3,6,8,18H2,1H3. The van der Waals surface area contributed by atoms with E-state index in [1.54, 1.807) is 18.2 Å². The summed E-state index contributed by atoms with van der Waals surface area (Å²) < 4.78 is 42.5. The number of alkyl halides is 3. The van der Waals surface area contributed by atoms with Gasteiger partial charge in [-0.15, -0.1) is 0 Å². The van der Waals surface area contributed by atoms with Crippen LogP contribution in [0.2, 0.25) is 0 Å². The molecule has 4 nitrogen and oxygen atoms in total. The van der Waals surface area contributed by atoms with E-state index in [2.05, 4.69) is 0 Å². The molecule has 0 saturated carbocycles. The minimum atomic E-state index is -4.82. The number of benzene rings is 1. The molecule has 1 aromatic carbocycles. The SMILES string of the molecule is COc1ccc(C2CCCN(C(=O)C(F)(F)F)C2)cc1N. The van der Waals surface area contributed by atoms with Crippen LogP contribution >= 0.6 is 0 Å². The van der Waals surface area contributed by atoms with Crippen LogP contribution in [0.15, 0.2) is 18.2 Å². The van der Waals surface area contributed by atoms with Crippen molar-refractivity contribution in [3.05, 3.63) is 23.8 Å². The van der Waals surface area contributed by atoms with Crippen molar-refractivity contribution < 1.29 is 22.7 Å². The smallest absolute Gasteiger partial charge is 0.471 e. The fourth-order valence-corrected chi connectivity index (χ4v) is 2.62.